The molecule has 0 spiro atoms. The van der Waals surface area contributed by atoms with E-state index in [-0.39, 0.29) is 5.82 Å². The van der Waals surface area contributed by atoms with E-state index in [2.05, 4.69) is 9.97 Å². The molecule has 1 atom stereocenters. The van der Waals surface area contributed by atoms with Gasteiger partial charge in [-0.1, -0.05) is 18.2 Å². The first-order valence-electron chi connectivity index (χ1n) is 5.08. The van der Waals surface area contributed by atoms with E-state index in [1.54, 1.807) is 24.3 Å². The third-order valence-electron chi connectivity index (χ3n) is 2.43. The predicted molar refractivity (Wildman–Crippen MR) is 61.0 cm³/mol. The predicted octanol–water partition coefficient (Wildman–Crippen LogP) is 1.67. The van der Waals surface area contributed by atoms with E-state index in [0.717, 1.165) is 0 Å². The van der Waals surface area contributed by atoms with Crippen LogP contribution >= 0.6 is 0 Å². The van der Waals surface area contributed by atoms with Gasteiger partial charge in [0.25, 0.3) is 0 Å². The average molecular weight is 233 g/mol. The summed E-state index contributed by atoms with van der Waals surface area (Å²) < 4.78 is 18.5. The molecule has 1 unspecified atom stereocenters. The minimum atomic E-state index is -0.631. The van der Waals surface area contributed by atoms with Gasteiger partial charge in [-0.15, -0.1) is 0 Å². The highest BCUT2D eigenvalue weighted by atomic mass is 19.1. The first-order valence-corrected chi connectivity index (χ1v) is 5.08. The van der Waals surface area contributed by atoms with Gasteiger partial charge in [0, 0.05) is 11.6 Å². The third-order valence-corrected chi connectivity index (χ3v) is 2.43. The van der Waals surface area contributed by atoms with Gasteiger partial charge >= 0.3 is 0 Å². The van der Waals surface area contributed by atoms with E-state index < -0.39 is 6.04 Å². The van der Waals surface area contributed by atoms with Crippen molar-refractivity contribution in [2.24, 2.45) is 5.73 Å². The quantitative estimate of drug-likeness (QED) is 0.876. The van der Waals surface area contributed by atoms with Crippen LogP contribution < -0.4 is 10.5 Å². The van der Waals surface area contributed by atoms with Crippen LogP contribution in [0.2, 0.25) is 0 Å². The van der Waals surface area contributed by atoms with Crippen LogP contribution in [0.25, 0.3) is 0 Å². The maximum absolute atomic E-state index is 13.6. The number of aromatic nitrogens is 2. The van der Waals surface area contributed by atoms with Crippen molar-refractivity contribution in [1.82, 2.24) is 9.97 Å². The highest BCUT2D eigenvalue weighted by molar-refractivity contribution is 5.29. The summed E-state index contributed by atoms with van der Waals surface area (Å²) in [6.07, 6.45) is 1.34. The standard InChI is InChI=1S/C12H12FN3O/c1-17-11-6-10(15-7-16-11)12(14)8-4-2-3-5-9(8)13/h2-7,12H,14H2,1H3. The number of hydrogen-bond acceptors (Lipinski definition) is 4. The zero-order valence-corrected chi connectivity index (χ0v) is 9.30. The monoisotopic (exact) mass is 233 g/mol. The molecule has 4 nitrogen and oxygen atoms in total. The number of rotatable bonds is 3. The van der Waals surface area contributed by atoms with Crippen LogP contribution in [0.1, 0.15) is 17.3 Å². The van der Waals surface area contributed by atoms with E-state index in [4.69, 9.17) is 10.5 Å². The summed E-state index contributed by atoms with van der Waals surface area (Å²) in [5, 5.41) is 0. The molecule has 0 bridgehead atoms. The third kappa shape index (κ3) is 2.39. The Morgan fingerprint density at radius 3 is 2.76 bits per heavy atom. The van der Waals surface area contributed by atoms with Crippen LogP contribution in [-0.2, 0) is 0 Å². The maximum Gasteiger partial charge on any atom is 0.216 e. The minimum absolute atomic E-state index is 0.349. The Morgan fingerprint density at radius 1 is 1.29 bits per heavy atom. The lowest BCUT2D eigenvalue weighted by Crippen LogP contribution is -2.15. The van der Waals surface area contributed by atoms with Crippen LogP contribution in [0.15, 0.2) is 36.7 Å². The molecule has 0 radical (unpaired) electrons. The maximum atomic E-state index is 13.6. The molecular formula is C12H12FN3O. The summed E-state index contributed by atoms with van der Waals surface area (Å²) in [6.45, 7) is 0. The van der Waals surface area contributed by atoms with Crippen molar-refractivity contribution >= 4 is 0 Å². The Kier molecular flexibility index (Phi) is 3.30. The summed E-state index contributed by atoms with van der Waals surface area (Å²) in [6, 6.07) is 7.32. The number of ether oxygens (including phenoxy) is 1. The van der Waals surface area contributed by atoms with Crippen LogP contribution in [0.4, 0.5) is 4.39 Å². The first kappa shape index (κ1) is 11.5. The van der Waals surface area contributed by atoms with Gasteiger partial charge in [-0.25, -0.2) is 14.4 Å². The van der Waals surface area contributed by atoms with E-state index >= 15 is 0 Å². The molecule has 2 N–H and O–H groups in total. The van der Waals surface area contributed by atoms with E-state index in [0.29, 0.717) is 17.1 Å². The number of benzene rings is 1. The molecule has 2 rings (SSSR count). The Bertz CT molecular complexity index is 519. The van der Waals surface area contributed by atoms with Gasteiger partial charge < -0.3 is 10.5 Å². The topological polar surface area (TPSA) is 61.0 Å². The number of hydrogen-bond donors (Lipinski definition) is 1. The molecule has 1 aromatic heterocycles. The molecule has 0 amide bonds. The Morgan fingerprint density at radius 2 is 2.06 bits per heavy atom. The van der Waals surface area contributed by atoms with Gasteiger partial charge in [-0.2, -0.15) is 0 Å². The van der Waals surface area contributed by atoms with Gasteiger partial charge in [-0.05, 0) is 6.07 Å². The lowest BCUT2D eigenvalue weighted by molar-refractivity contribution is 0.395. The SMILES string of the molecule is COc1cc(C(N)c2ccccc2F)ncn1. The summed E-state index contributed by atoms with van der Waals surface area (Å²) >= 11 is 0. The summed E-state index contributed by atoms with van der Waals surface area (Å²) in [7, 11) is 1.50. The second-order valence-corrected chi connectivity index (χ2v) is 3.48. The fourth-order valence-corrected chi connectivity index (χ4v) is 1.52. The number of nitrogens with zero attached hydrogens (tertiary/aromatic N) is 2. The van der Waals surface area contributed by atoms with Crippen LogP contribution in [-0.4, -0.2) is 17.1 Å². The smallest absolute Gasteiger partial charge is 0.216 e. The molecule has 88 valence electrons. The van der Waals surface area contributed by atoms with E-state index in [1.165, 1.54) is 19.5 Å². The van der Waals surface area contributed by atoms with Crippen molar-refractivity contribution in [2.75, 3.05) is 7.11 Å². The molecule has 0 aliphatic carbocycles. The zero-order valence-electron chi connectivity index (χ0n) is 9.30. The average Bonchev–Trinajstić information content (AvgIpc) is 2.38. The fourth-order valence-electron chi connectivity index (χ4n) is 1.52. The fraction of sp³-hybridized carbons (Fsp3) is 0.167. The van der Waals surface area contributed by atoms with Crippen LogP contribution in [0.3, 0.4) is 0 Å². The largest absolute Gasteiger partial charge is 0.481 e. The summed E-state index contributed by atoms with van der Waals surface area (Å²) in [5.74, 6) is 0.0550. The van der Waals surface area contributed by atoms with Crippen molar-refractivity contribution in [1.29, 1.82) is 0 Å². The molecule has 0 fully saturated rings. The molecule has 0 aliphatic heterocycles. The van der Waals surface area contributed by atoms with Gasteiger partial charge in [0.2, 0.25) is 5.88 Å². The van der Waals surface area contributed by atoms with Gasteiger partial charge in [0.05, 0.1) is 18.8 Å². The molecule has 1 aromatic carbocycles. The van der Waals surface area contributed by atoms with E-state index in [1.807, 2.05) is 0 Å². The van der Waals surface area contributed by atoms with Crippen molar-refractivity contribution in [3.05, 3.63) is 53.7 Å². The zero-order chi connectivity index (χ0) is 12.3. The van der Waals surface area contributed by atoms with Crippen molar-refractivity contribution in [3.8, 4) is 5.88 Å². The first-order chi connectivity index (χ1) is 8.22. The van der Waals surface area contributed by atoms with Crippen molar-refractivity contribution < 1.29 is 9.13 Å². The van der Waals surface area contributed by atoms with Crippen LogP contribution in [0, 0.1) is 5.82 Å². The van der Waals surface area contributed by atoms with Gasteiger partial charge in [-0.3, -0.25) is 0 Å². The molecule has 0 saturated carbocycles. The molecule has 0 saturated heterocycles. The van der Waals surface area contributed by atoms with Crippen LogP contribution in [0.5, 0.6) is 5.88 Å². The molecule has 17 heavy (non-hydrogen) atoms. The number of halogens is 1. The Labute approximate surface area is 98.3 Å². The number of methoxy groups -OCH3 is 1. The lowest BCUT2D eigenvalue weighted by Gasteiger charge is -2.12. The number of nitrogens with two attached hydrogens (primary N) is 1. The minimum Gasteiger partial charge on any atom is -0.481 e. The highest BCUT2D eigenvalue weighted by Gasteiger charge is 2.15. The summed E-state index contributed by atoms with van der Waals surface area (Å²) in [5.41, 5.74) is 6.87. The Hall–Kier alpha value is -2.01. The lowest BCUT2D eigenvalue weighted by atomic mass is 10.0. The van der Waals surface area contributed by atoms with Crippen molar-refractivity contribution in [3.63, 3.8) is 0 Å². The van der Waals surface area contributed by atoms with E-state index in [9.17, 15) is 4.39 Å². The summed E-state index contributed by atoms with van der Waals surface area (Å²) in [4.78, 5) is 7.90. The Balaban J connectivity index is 2.37. The molecule has 5 heteroatoms. The highest BCUT2D eigenvalue weighted by Crippen LogP contribution is 2.21. The second kappa shape index (κ2) is 4.88. The van der Waals surface area contributed by atoms with Crippen molar-refractivity contribution in [2.45, 2.75) is 6.04 Å². The normalized spacial score (nSPS) is 12.2. The molecule has 0 aliphatic rings. The molecule has 2 aromatic rings. The second-order valence-electron chi connectivity index (χ2n) is 3.48. The molecular weight excluding hydrogens is 221 g/mol. The van der Waals surface area contributed by atoms with Gasteiger partial charge in [0.15, 0.2) is 0 Å². The molecule has 1 heterocycles. The van der Waals surface area contributed by atoms with Gasteiger partial charge in [0.1, 0.15) is 12.1 Å².